The highest BCUT2D eigenvalue weighted by Crippen LogP contribution is 2.33. The van der Waals surface area contributed by atoms with Gasteiger partial charge in [0.2, 0.25) is 5.82 Å². The van der Waals surface area contributed by atoms with E-state index in [1.54, 1.807) is 25.6 Å². The third-order valence-corrected chi connectivity index (χ3v) is 6.03. The minimum absolute atomic E-state index is 0.0721. The van der Waals surface area contributed by atoms with Crippen molar-refractivity contribution in [1.29, 1.82) is 0 Å². The highest BCUT2D eigenvalue weighted by Gasteiger charge is 2.24. The molecule has 1 saturated carbocycles. The number of nitrogens with one attached hydrogen (secondary N) is 2. The average molecular weight is 493 g/mol. The van der Waals surface area contributed by atoms with Crippen molar-refractivity contribution in [1.82, 2.24) is 14.7 Å². The Labute approximate surface area is 207 Å². The van der Waals surface area contributed by atoms with E-state index >= 15 is 0 Å². The van der Waals surface area contributed by atoms with Crippen LogP contribution in [0.5, 0.6) is 11.5 Å². The molecule has 0 spiro atoms. The normalized spacial score (nSPS) is 13.1. The number of benzene rings is 2. The van der Waals surface area contributed by atoms with Crippen LogP contribution >= 0.6 is 0 Å². The first kappa shape index (κ1) is 23.7. The Morgan fingerprint density at radius 2 is 2.03 bits per heavy atom. The quantitative estimate of drug-likeness (QED) is 0.309. The zero-order valence-corrected chi connectivity index (χ0v) is 20.0. The largest absolute Gasteiger partial charge is 0.453 e. The summed E-state index contributed by atoms with van der Waals surface area (Å²) >= 11 is 0. The fraction of sp³-hybridized carbons (Fsp3) is 0.259. The topological polar surface area (TPSA) is 76.9 Å². The van der Waals surface area contributed by atoms with Crippen molar-refractivity contribution in [3.63, 3.8) is 0 Å². The molecule has 2 aromatic heterocycles. The predicted molar refractivity (Wildman–Crippen MR) is 133 cm³/mol. The second-order valence-electron chi connectivity index (χ2n) is 8.78. The summed E-state index contributed by atoms with van der Waals surface area (Å²) in [5.74, 6) is -2.05. The molecule has 0 atom stereocenters. The van der Waals surface area contributed by atoms with Crippen LogP contribution in [-0.2, 0) is 4.74 Å². The van der Waals surface area contributed by atoms with Gasteiger partial charge in [-0.05, 0) is 49.6 Å². The van der Waals surface area contributed by atoms with Crippen molar-refractivity contribution in [2.75, 3.05) is 25.6 Å². The molecule has 2 heterocycles. The number of ether oxygens (including phenoxy) is 2. The number of anilines is 1. The maximum absolute atomic E-state index is 14.3. The summed E-state index contributed by atoms with van der Waals surface area (Å²) in [6.45, 7) is 2.87. The lowest BCUT2D eigenvalue weighted by atomic mass is 10.0. The Bertz CT molecular complexity index is 1430. The van der Waals surface area contributed by atoms with E-state index in [0.29, 0.717) is 35.8 Å². The first-order chi connectivity index (χ1) is 17.4. The van der Waals surface area contributed by atoms with Crippen LogP contribution in [0.15, 0.2) is 54.9 Å². The number of amides is 1. The molecule has 9 heteroatoms. The van der Waals surface area contributed by atoms with Crippen LogP contribution in [0.2, 0.25) is 0 Å². The molecule has 1 amide bonds. The lowest BCUT2D eigenvalue weighted by Gasteiger charge is -2.14. The lowest BCUT2D eigenvalue weighted by Crippen LogP contribution is -2.26. The van der Waals surface area contributed by atoms with Gasteiger partial charge in [0, 0.05) is 36.9 Å². The molecular weight excluding hydrogens is 466 g/mol. The van der Waals surface area contributed by atoms with Crippen molar-refractivity contribution >= 4 is 17.2 Å². The number of fused-ring (bicyclic) bond motifs is 1. The van der Waals surface area contributed by atoms with Gasteiger partial charge in [0.1, 0.15) is 5.75 Å². The Balaban J connectivity index is 1.53. The van der Waals surface area contributed by atoms with Crippen molar-refractivity contribution in [3.05, 3.63) is 77.6 Å². The van der Waals surface area contributed by atoms with Crippen LogP contribution in [0.25, 0.3) is 16.9 Å². The van der Waals surface area contributed by atoms with E-state index < -0.39 is 11.6 Å². The summed E-state index contributed by atoms with van der Waals surface area (Å²) in [5, 5.41) is 6.27. The number of aromatic nitrogens is 2. The Morgan fingerprint density at radius 1 is 1.19 bits per heavy atom. The molecular formula is C27H26F2N4O3. The summed E-state index contributed by atoms with van der Waals surface area (Å²) in [6.07, 6.45) is 5.44. The molecule has 7 nitrogen and oxygen atoms in total. The van der Waals surface area contributed by atoms with Gasteiger partial charge in [-0.15, -0.1) is 0 Å². The lowest BCUT2D eigenvalue weighted by molar-refractivity contribution is 0.0950. The van der Waals surface area contributed by atoms with Gasteiger partial charge in [0.05, 0.1) is 30.4 Å². The molecule has 1 aliphatic carbocycles. The van der Waals surface area contributed by atoms with Crippen LogP contribution in [0, 0.1) is 18.6 Å². The zero-order valence-electron chi connectivity index (χ0n) is 20.0. The van der Waals surface area contributed by atoms with Crippen molar-refractivity contribution < 1.29 is 23.0 Å². The molecule has 2 aromatic carbocycles. The van der Waals surface area contributed by atoms with Crippen molar-refractivity contribution in [2.45, 2.75) is 25.8 Å². The van der Waals surface area contributed by atoms with E-state index in [9.17, 15) is 13.6 Å². The minimum atomic E-state index is -1.06. The summed E-state index contributed by atoms with van der Waals surface area (Å²) in [5.41, 5.74) is 4.34. The average Bonchev–Trinajstić information content (AvgIpc) is 3.57. The van der Waals surface area contributed by atoms with Gasteiger partial charge < -0.3 is 20.1 Å². The minimum Gasteiger partial charge on any atom is -0.453 e. The number of hydrogen-bond acceptors (Lipinski definition) is 5. The van der Waals surface area contributed by atoms with Crippen LogP contribution in [-0.4, -0.2) is 41.6 Å². The molecule has 4 aromatic rings. The highest BCUT2D eigenvalue weighted by atomic mass is 19.2. The van der Waals surface area contributed by atoms with E-state index in [4.69, 9.17) is 9.47 Å². The third kappa shape index (κ3) is 4.87. The van der Waals surface area contributed by atoms with Gasteiger partial charge in [0.15, 0.2) is 17.2 Å². The number of hydrogen-bond donors (Lipinski definition) is 2. The van der Waals surface area contributed by atoms with E-state index in [2.05, 4.69) is 15.6 Å². The Kier molecular flexibility index (Phi) is 6.56. The smallest absolute Gasteiger partial charge is 0.251 e. The number of aryl methyl sites for hydroxylation is 1. The molecule has 36 heavy (non-hydrogen) atoms. The Hall–Kier alpha value is -3.98. The number of nitrogens with zero attached hydrogens (tertiary/aromatic N) is 2. The van der Waals surface area contributed by atoms with E-state index in [-0.39, 0.29) is 17.7 Å². The number of imidazole rings is 1. The maximum atomic E-state index is 14.3. The maximum Gasteiger partial charge on any atom is 0.251 e. The molecule has 0 radical (unpaired) electrons. The summed E-state index contributed by atoms with van der Waals surface area (Å²) in [4.78, 5) is 17.1. The van der Waals surface area contributed by atoms with Crippen LogP contribution in [0.4, 0.5) is 14.5 Å². The molecule has 2 N–H and O–H groups in total. The standard InChI is InChI=1S/C27H26F2N4O3/c1-16-12-17(6-9-20(16)27(34)32-18-7-8-18)23-14-31-26-22(30-10-11-35-2)13-19(15-33(23)26)36-24-5-3-4-21(28)25(24)29/h3-6,9,12-15,18,30H,7-8,10-11H2,1-2H3,(H,32,34). The monoisotopic (exact) mass is 492 g/mol. The molecule has 1 aliphatic rings. The highest BCUT2D eigenvalue weighted by molar-refractivity contribution is 5.96. The SMILES string of the molecule is COCCNc1cc(Oc2cccc(F)c2F)cn2c(-c3ccc(C(=O)NC4CC4)c(C)c3)cnc12. The molecule has 186 valence electrons. The van der Waals surface area contributed by atoms with Crippen LogP contribution < -0.4 is 15.4 Å². The zero-order chi connectivity index (χ0) is 25.2. The number of rotatable bonds is 9. The predicted octanol–water partition coefficient (Wildman–Crippen LogP) is 5.33. The van der Waals surface area contributed by atoms with Crippen LogP contribution in [0.3, 0.4) is 0 Å². The van der Waals surface area contributed by atoms with Crippen molar-refractivity contribution in [2.24, 2.45) is 0 Å². The van der Waals surface area contributed by atoms with Gasteiger partial charge in [-0.25, -0.2) is 9.37 Å². The molecule has 0 saturated heterocycles. The van der Waals surface area contributed by atoms with E-state index in [1.165, 1.54) is 12.1 Å². The second-order valence-corrected chi connectivity index (χ2v) is 8.78. The molecule has 0 aliphatic heterocycles. The van der Waals surface area contributed by atoms with Gasteiger partial charge in [-0.2, -0.15) is 4.39 Å². The number of carbonyl (C=O) groups excluding carboxylic acids is 1. The van der Waals surface area contributed by atoms with Gasteiger partial charge in [-0.1, -0.05) is 12.1 Å². The molecule has 0 bridgehead atoms. The Morgan fingerprint density at radius 3 is 2.78 bits per heavy atom. The fourth-order valence-electron chi connectivity index (χ4n) is 4.01. The van der Waals surface area contributed by atoms with E-state index in [0.717, 1.165) is 35.7 Å². The molecule has 0 unspecified atom stereocenters. The number of halogens is 2. The van der Waals surface area contributed by atoms with Gasteiger partial charge in [0.25, 0.3) is 5.91 Å². The van der Waals surface area contributed by atoms with Gasteiger partial charge in [-0.3, -0.25) is 9.20 Å². The first-order valence-corrected chi connectivity index (χ1v) is 11.7. The van der Waals surface area contributed by atoms with Gasteiger partial charge >= 0.3 is 0 Å². The summed E-state index contributed by atoms with van der Waals surface area (Å²) in [7, 11) is 1.61. The number of pyridine rings is 1. The fourth-order valence-corrected chi connectivity index (χ4v) is 4.01. The number of methoxy groups -OCH3 is 1. The first-order valence-electron chi connectivity index (χ1n) is 11.7. The molecule has 5 rings (SSSR count). The second kappa shape index (κ2) is 9.94. The summed E-state index contributed by atoms with van der Waals surface area (Å²) in [6, 6.07) is 11.4. The van der Waals surface area contributed by atoms with E-state index in [1.807, 2.05) is 29.5 Å². The number of carbonyl (C=O) groups is 1. The molecule has 1 fully saturated rings. The van der Waals surface area contributed by atoms with Crippen molar-refractivity contribution in [3.8, 4) is 22.8 Å². The van der Waals surface area contributed by atoms with Crippen LogP contribution in [0.1, 0.15) is 28.8 Å². The third-order valence-electron chi connectivity index (χ3n) is 6.03. The summed E-state index contributed by atoms with van der Waals surface area (Å²) < 4.78 is 40.7.